The maximum atomic E-state index is 11.4. The van der Waals surface area contributed by atoms with E-state index in [9.17, 15) is 9.90 Å². The first-order valence-electron chi connectivity index (χ1n) is 8.94. The number of hydrogen-bond acceptors (Lipinski definition) is 5. The summed E-state index contributed by atoms with van der Waals surface area (Å²) in [6.45, 7) is 7.60. The third-order valence-corrected chi connectivity index (χ3v) is 5.44. The van der Waals surface area contributed by atoms with Crippen LogP contribution in [0.4, 0.5) is 0 Å². The molecule has 1 N–H and O–H groups in total. The molecule has 2 aliphatic rings. The molecule has 2 saturated heterocycles. The number of piperidine rings is 2. The fourth-order valence-corrected chi connectivity index (χ4v) is 3.88. The van der Waals surface area contributed by atoms with Gasteiger partial charge in [0.25, 0.3) is 0 Å². The van der Waals surface area contributed by atoms with Gasteiger partial charge in [-0.05, 0) is 45.7 Å². The van der Waals surface area contributed by atoms with Gasteiger partial charge in [0.05, 0.1) is 17.0 Å². The fourth-order valence-electron chi connectivity index (χ4n) is 3.88. The summed E-state index contributed by atoms with van der Waals surface area (Å²) in [5, 5.41) is 10.8. The molecule has 0 bridgehead atoms. The predicted octanol–water partition coefficient (Wildman–Crippen LogP) is 1.34. The van der Waals surface area contributed by atoms with Crippen molar-refractivity contribution in [3.63, 3.8) is 0 Å². The predicted molar refractivity (Wildman–Crippen MR) is 91.6 cm³/mol. The van der Waals surface area contributed by atoms with Crippen LogP contribution < -0.4 is 0 Å². The Balaban J connectivity index is 1.50. The zero-order valence-electron chi connectivity index (χ0n) is 14.7. The van der Waals surface area contributed by atoms with Crippen molar-refractivity contribution in [1.82, 2.24) is 19.8 Å². The molecule has 0 radical (unpaired) electrons. The molecular weight excluding hydrogens is 304 g/mol. The number of carbonyl (C=O) groups is 1. The Morgan fingerprint density at radius 2 is 1.92 bits per heavy atom. The third kappa shape index (κ3) is 4.11. The van der Waals surface area contributed by atoms with Crippen molar-refractivity contribution >= 4 is 5.91 Å². The van der Waals surface area contributed by atoms with Gasteiger partial charge in [0.2, 0.25) is 5.91 Å². The van der Waals surface area contributed by atoms with Crippen LogP contribution in [-0.2, 0) is 4.79 Å². The second kappa shape index (κ2) is 7.15. The van der Waals surface area contributed by atoms with Crippen LogP contribution in [0.2, 0.25) is 0 Å². The minimum Gasteiger partial charge on any atom is -0.388 e. The van der Waals surface area contributed by atoms with Crippen LogP contribution in [0.25, 0.3) is 0 Å². The van der Waals surface area contributed by atoms with Crippen molar-refractivity contribution < 1.29 is 9.90 Å². The molecule has 1 aromatic heterocycles. The minimum absolute atomic E-state index is 0.108. The van der Waals surface area contributed by atoms with Gasteiger partial charge in [-0.2, -0.15) is 0 Å². The SMILES string of the molecule is CC(=O)N1CCC(O)(CN2CCC(c3cncc(C)n3)CC2)CC1. The summed E-state index contributed by atoms with van der Waals surface area (Å²) < 4.78 is 0. The second-order valence-corrected chi connectivity index (χ2v) is 7.37. The van der Waals surface area contributed by atoms with Gasteiger partial charge in [0, 0.05) is 44.9 Å². The van der Waals surface area contributed by atoms with E-state index in [2.05, 4.69) is 14.9 Å². The first kappa shape index (κ1) is 17.3. The summed E-state index contributed by atoms with van der Waals surface area (Å²) in [6.07, 6.45) is 7.16. The second-order valence-electron chi connectivity index (χ2n) is 7.37. The summed E-state index contributed by atoms with van der Waals surface area (Å²) in [5.74, 6) is 0.583. The van der Waals surface area contributed by atoms with Gasteiger partial charge in [-0.3, -0.25) is 14.8 Å². The highest BCUT2D eigenvalue weighted by Crippen LogP contribution is 2.29. The number of carbonyl (C=O) groups excluding carboxylic acids is 1. The van der Waals surface area contributed by atoms with Crippen molar-refractivity contribution in [2.75, 3.05) is 32.7 Å². The Morgan fingerprint density at radius 3 is 2.50 bits per heavy atom. The molecule has 0 saturated carbocycles. The lowest BCUT2D eigenvalue weighted by atomic mass is 9.88. The molecule has 2 aliphatic heterocycles. The van der Waals surface area contributed by atoms with Gasteiger partial charge in [-0.25, -0.2) is 0 Å². The number of amides is 1. The van der Waals surface area contributed by atoms with Gasteiger partial charge < -0.3 is 14.9 Å². The van der Waals surface area contributed by atoms with Gasteiger partial charge in [-0.15, -0.1) is 0 Å². The van der Waals surface area contributed by atoms with E-state index in [1.165, 1.54) is 0 Å². The molecule has 0 spiro atoms. The Kier molecular flexibility index (Phi) is 5.15. The molecule has 1 amide bonds. The first-order valence-corrected chi connectivity index (χ1v) is 8.94. The lowest BCUT2D eigenvalue weighted by Gasteiger charge is -2.42. The molecule has 2 fully saturated rings. The van der Waals surface area contributed by atoms with Crippen LogP contribution in [0.1, 0.15) is 49.9 Å². The first-order chi connectivity index (χ1) is 11.5. The van der Waals surface area contributed by atoms with Crippen molar-refractivity contribution in [3.8, 4) is 0 Å². The largest absolute Gasteiger partial charge is 0.388 e. The summed E-state index contributed by atoms with van der Waals surface area (Å²) in [5.41, 5.74) is 1.42. The Hall–Kier alpha value is -1.53. The van der Waals surface area contributed by atoms with Crippen LogP contribution in [0.3, 0.4) is 0 Å². The highest BCUT2D eigenvalue weighted by atomic mass is 16.3. The van der Waals surface area contributed by atoms with E-state index >= 15 is 0 Å². The smallest absolute Gasteiger partial charge is 0.219 e. The Labute approximate surface area is 143 Å². The molecule has 0 atom stereocenters. The number of likely N-dealkylation sites (tertiary alicyclic amines) is 2. The number of β-amino-alcohol motifs (C(OH)–C–C–N with tert-alkyl or cyclic N) is 1. The average molecular weight is 332 g/mol. The molecule has 0 unspecified atom stereocenters. The van der Waals surface area contributed by atoms with Crippen LogP contribution in [0.15, 0.2) is 12.4 Å². The molecule has 3 heterocycles. The molecule has 0 aromatic carbocycles. The van der Waals surface area contributed by atoms with E-state index in [1.807, 2.05) is 18.0 Å². The number of aromatic nitrogens is 2. The fraction of sp³-hybridized carbons (Fsp3) is 0.722. The molecule has 24 heavy (non-hydrogen) atoms. The summed E-state index contributed by atoms with van der Waals surface area (Å²) in [4.78, 5) is 24.5. The number of rotatable bonds is 3. The van der Waals surface area contributed by atoms with E-state index < -0.39 is 5.60 Å². The minimum atomic E-state index is -0.651. The molecule has 6 heteroatoms. The number of hydrogen-bond donors (Lipinski definition) is 1. The Morgan fingerprint density at radius 1 is 1.25 bits per heavy atom. The number of aryl methyl sites for hydroxylation is 1. The molecule has 0 aliphatic carbocycles. The number of nitrogens with zero attached hydrogens (tertiary/aromatic N) is 4. The Bertz CT molecular complexity index is 576. The summed E-state index contributed by atoms with van der Waals surface area (Å²) in [7, 11) is 0. The van der Waals surface area contributed by atoms with E-state index in [4.69, 9.17) is 0 Å². The van der Waals surface area contributed by atoms with Crippen LogP contribution in [0.5, 0.6) is 0 Å². The molecule has 6 nitrogen and oxygen atoms in total. The maximum Gasteiger partial charge on any atom is 0.219 e. The van der Waals surface area contributed by atoms with Crippen molar-refractivity contribution in [2.24, 2.45) is 0 Å². The zero-order valence-corrected chi connectivity index (χ0v) is 14.7. The highest BCUT2D eigenvalue weighted by molar-refractivity contribution is 5.73. The van der Waals surface area contributed by atoms with Crippen LogP contribution in [0, 0.1) is 6.92 Å². The van der Waals surface area contributed by atoms with E-state index in [0.717, 1.165) is 37.3 Å². The third-order valence-electron chi connectivity index (χ3n) is 5.44. The highest BCUT2D eigenvalue weighted by Gasteiger charge is 2.35. The van der Waals surface area contributed by atoms with E-state index in [0.29, 0.717) is 38.4 Å². The van der Waals surface area contributed by atoms with Gasteiger partial charge in [-0.1, -0.05) is 0 Å². The topological polar surface area (TPSA) is 69.6 Å². The van der Waals surface area contributed by atoms with Crippen molar-refractivity contribution in [3.05, 3.63) is 23.8 Å². The standard InChI is InChI=1S/C18H28N4O2/c1-14-11-19-12-17(20-14)16-3-7-21(8-4-16)13-18(24)5-9-22(10-6-18)15(2)23/h11-12,16,24H,3-10,13H2,1-2H3. The monoisotopic (exact) mass is 332 g/mol. The average Bonchev–Trinajstić information content (AvgIpc) is 2.55. The lowest BCUT2D eigenvalue weighted by Crippen LogP contribution is -2.52. The van der Waals surface area contributed by atoms with Crippen molar-refractivity contribution in [2.45, 2.75) is 51.0 Å². The lowest BCUT2D eigenvalue weighted by molar-refractivity contribution is -0.133. The normalized spacial score (nSPS) is 22.5. The molecule has 1 aromatic rings. The summed E-state index contributed by atoms with van der Waals surface area (Å²) in [6, 6.07) is 0. The van der Waals surface area contributed by atoms with Gasteiger partial charge >= 0.3 is 0 Å². The van der Waals surface area contributed by atoms with Crippen LogP contribution >= 0.6 is 0 Å². The summed E-state index contributed by atoms with van der Waals surface area (Å²) >= 11 is 0. The van der Waals surface area contributed by atoms with Gasteiger partial charge in [0.15, 0.2) is 0 Å². The maximum absolute atomic E-state index is 11.4. The number of aliphatic hydroxyl groups is 1. The molecular formula is C18H28N4O2. The van der Waals surface area contributed by atoms with Crippen molar-refractivity contribution in [1.29, 1.82) is 0 Å². The quantitative estimate of drug-likeness (QED) is 0.904. The molecule has 3 rings (SSSR count). The van der Waals surface area contributed by atoms with Crippen LogP contribution in [-0.4, -0.2) is 69.1 Å². The van der Waals surface area contributed by atoms with Gasteiger partial charge in [0.1, 0.15) is 0 Å². The zero-order chi connectivity index (χ0) is 17.2. The van der Waals surface area contributed by atoms with E-state index in [1.54, 1.807) is 13.1 Å². The molecule has 132 valence electrons. The van der Waals surface area contributed by atoms with E-state index in [-0.39, 0.29) is 5.91 Å².